The van der Waals surface area contributed by atoms with Gasteiger partial charge in [-0.1, -0.05) is 0 Å². The van der Waals surface area contributed by atoms with Crippen molar-refractivity contribution in [3.05, 3.63) is 54.4 Å². The first-order valence-corrected chi connectivity index (χ1v) is 7.74. The average molecular weight is 324 g/mol. The molecule has 0 saturated carbocycles. The van der Waals surface area contributed by atoms with E-state index in [1.54, 1.807) is 30.9 Å². The molecule has 0 bridgehead atoms. The molecule has 3 aromatic heterocycles. The fraction of sp³-hybridized carbons (Fsp3) is 0.312. The van der Waals surface area contributed by atoms with Gasteiger partial charge < -0.3 is 10.1 Å². The van der Waals surface area contributed by atoms with E-state index in [2.05, 4.69) is 25.4 Å². The van der Waals surface area contributed by atoms with Crippen molar-refractivity contribution < 1.29 is 9.53 Å². The first-order chi connectivity index (χ1) is 11.8. The lowest BCUT2D eigenvalue weighted by molar-refractivity contribution is 0.0914. The highest BCUT2D eigenvalue weighted by Crippen LogP contribution is 2.19. The van der Waals surface area contributed by atoms with Gasteiger partial charge in [-0.25, -0.2) is 9.50 Å². The third kappa shape index (κ3) is 2.95. The van der Waals surface area contributed by atoms with Crippen molar-refractivity contribution in [2.75, 3.05) is 13.2 Å². The first-order valence-electron chi connectivity index (χ1n) is 7.74. The maximum absolute atomic E-state index is 12.4. The number of fused-ring (bicyclic) bond motifs is 1. The van der Waals surface area contributed by atoms with Crippen LogP contribution < -0.4 is 5.32 Å². The molecule has 0 spiro atoms. The highest BCUT2D eigenvalue weighted by Gasteiger charge is 2.30. The van der Waals surface area contributed by atoms with Gasteiger partial charge in [-0.15, -0.1) is 5.10 Å². The number of pyridine rings is 1. The standard InChI is InChI=1S/C16H16N6O2/c23-15(14-20-16-18-4-1-7-22(16)21-14)19-13-10-24-9-12(13)8-11-2-5-17-6-3-11/h1-7,12-13H,8-10H2,(H,19,23)/t12-,13+/m1/s1. The Labute approximate surface area is 137 Å². The minimum atomic E-state index is -0.310. The summed E-state index contributed by atoms with van der Waals surface area (Å²) in [6.07, 6.45) is 7.69. The molecule has 8 heteroatoms. The molecule has 0 unspecified atom stereocenters. The molecule has 122 valence electrons. The smallest absolute Gasteiger partial charge is 0.291 e. The van der Waals surface area contributed by atoms with Crippen molar-refractivity contribution in [1.82, 2.24) is 29.9 Å². The molecule has 0 aromatic carbocycles. The number of hydrogen-bond acceptors (Lipinski definition) is 6. The number of nitrogens with one attached hydrogen (secondary N) is 1. The molecule has 3 aromatic rings. The fourth-order valence-corrected chi connectivity index (χ4v) is 2.84. The Morgan fingerprint density at radius 3 is 3.00 bits per heavy atom. The third-order valence-corrected chi connectivity index (χ3v) is 4.08. The molecule has 0 radical (unpaired) electrons. The van der Waals surface area contributed by atoms with Crippen LogP contribution in [0.4, 0.5) is 0 Å². The van der Waals surface area contributed by atoms with Crippen LogP contribution in [0, 0.1) is 5.92 Å². The lowest BCUT2D eigenvalue weighted by atomic mass is 9.95. The van der Waals surface area contributed by atoms with E-state index in [-0.39, 0.29) is 23.7 Å². The van der Waals surface area contributed by atoms with Crippen molar-refractivity contribution in [2.45, 2.75) is 12.5 Å². The number of nitrogens with zero attached hydrogens (tertiary/aromatic N) is 5. The van der Waals surface area contributed by atoms with Crippen LogP contribution in [-0.2, 0) is 11.2 Å². The maximum Gasteiger partial charge on any atom is 0.291 e. The Bertz CT molecular complexity index is 817. The molecule has 1 aliphatic heterocycles. The van der Waals surface area contributed by atoms with Crippen LogP contribution in [0.15, 0.2) is 43.0 Å². The summed E-state index contributed by atoms with van der Waals surface area (Å²) in [5, 5.41) is 7.13. The average Bonchev–Trinajstić information content (AvgIpc) is 3.23. The van der Waals surface area contributed by atoms with Crippen molar-refractivity contribution in [3.8, 4) is 0 Å². The summed E-state index contributed by atoms with van der Waals surface area (Å²) in [7, 11) is 0. The highest BCUT2D eigenvalue weighted by atomic mass is 16.5. The second kappa shape index (κ2) is 6.32. The second-order valence-electron chi connectivity index (χ2n) is 5.74. The van der Waals surface area contributed by atoms with E-state index in [1.165, 1.54) is 10.1 Å². The molecule has 24 heavy (non-hydrogen) atoms. The molecule has 1 N–H and O–H groups in total. The molecule has 8 nitrogen and oxygen atoms in total. The van der Waals surface area contributed by atoms with Gasteiger partial charge in [0.05, 0.1) is 19.3 Å². The lowest BCUT2D eigenvalue weighted by Gasteiger charge is -2.18. The van der Waals surface area contributed by atoms with E-state index in [0.717, 1.165) is 6.42 Å². The minimum absolute atomic E-state index is 0.0646. The summed E-state index contributed by atoms with van der Waals surface area (Å²) < 4.78 is 7.03. The normalized spacial score (nSPS) is 20.3. The lowest BCUT2D eigenvalue weighted by Crippen LogP contribution is -2.41. The number of aromatic nitrogens is 5. The molecule has 1 amide bonds. The predicted octanol–water partition coefficient (Wildman–Crippen LogP) is 0.507. The van der Waals surface area contributed by atoms with Crippen LogP contribution in [0.5, 0.6) is 0 Å². The minimum Gasteiger partial charge on any atom is -0.379 e. The van der Waals surface area contributed by atoms with E-state index >= 15 is 0 Å². The number of hydrogen-bond donors (Lipinski definition) is 1. The summed E-state index contributed by atoms with van der Waals surface area (Å²) in [5.74, 6) is 0.421. The van der Waals surface area contributed by atoms with Gasteiger partial charge >= 0.3 is 0 Å². The SMILES string of the molecule is O=C(N[C@H]1COC[C@H]1Cc1ccncc1)c1nc2ncccn2n1. The summed E-state index contributed by atoms with van der Waals surface area (Å²) in [6, 6.07) is 5.63. The molecule has 1 fully saturated rings. The number of amides is 1. The number of rotatable bonds is 4. The molecule has 4 rings (SSSR count). The Morgan fingerprint density at radius 2 is 2.17 bits per heavy atom. The van der Waals surface area contributed by atoms with Crippen LogP contribution in [0.2, 0.25) is 0 Å². The topological polar surface area (TPSA) is 94.3 Å². The van der Waals surface area contributed by atoms with Crippen molar-refractivity contribution in [3.63, 3.8) is 0 Å². The van der Waals surface area contributed by atoms with Gasteiger partial charge in [-0.3, -0.25) is 9.78 Å². The zero-order valence-electron chi connectivity index (χ0n) is 12.9. The maximum atomic E-state index is 12.4. The fourth-order valence-electron chi connectivity index (χ4n) is 2.84. The highest BCUT2D eigenvalue weighted by molar-refractivity contribution is 5.91. The quantitative estimate of drug-likeness (QED) is 0.751. The van der Waals surface area contributed by atoms with Crippen molar-refractivity contribution in [2.24, 2.45) is 5.92 Å². The van der Waals surface area contributed by atoms with Gasteiger partial charge in [0.15, 0.2) is 0 Å². The zero-order valence-corrected chi connectivity index (χ0v) is 12.9. The van der Waals surface area contributed by atoms with Crippen molar-refractivity contribution in [1.29, 1.82) is 0 Å². The molecule has 2 atom stereocenters. The van der Waals surface area contributed by atoms with E-state index < -0.39 is 0 Å². The molecular weight excluding hydrogens is 308 g/mol. The van der Waals surface area contributed by atoms with Gasteiger partial charge in [0.1, 0.15) is 0 Å². The molecular formula is C16H16N6O2. The summed E-state index contributed by atoms with van der Waals surface area (Å²) in [6.45, 7) is 1.11. The van der Waals surface area contributed by atoms with Gasteiger partial charge in [-0.05, 0) is 30.2 Å². The Hall–Kier alpha value is -2.87. The predicted molar refractivity (Wildman–Crippen MR) is 84.3 cm³/mol. The zero-order chi connectivity index (χ0) is 16.4. The van der Waals surface area contributed by atoms with E-state index in [1.807, 2.05) is 12.1 Å². The largest absolute Gasteiger partial charge is 0.379 e. The van der Waals surface area contributed by atoms with E-state index in [9.17, 15) is 4.79 Å². The van der Waals surface area contributed by atoms with Crippen LogP contribution >= 0.6 is 0 Å². The van der Waals surface area contributed by atoms with Gasteiger partial charge in [0.2, 0.25) is 5.82 Å². The van der Waals surface area contributed by atoms with Crippen LogP contribution in [-0.4, -0.2) is 49.7 Å². The molecule has 4 heterocycles. The summed E-state index contributed by atoms with van der Waals surface area (Å²) in [5.41, 5.74) is 1.18. The third-order valence-electron chi connectivity index (χ3n) is 4.08. The van der Waals surface area contributed by atoms with Crippen LogP contribution in [0.3, 0.4) is 0 Å². The van der Waals surface area contributed by atoms with Crippen LogP contribution in [0.25, 0.3) is 5.78 Å². The number of carbonyl (C=O) groups is 1. The molecule has 1 saturated heterocycles. The molecule has 1 aliphatic rings. The number of ether oxygens (including phenoxy) is 1. The Morgan fingerprint density at radius 1 is 1.29 bits per heavy atom. The molecule has 0 aliphatic carbocycles. The van der Waals surface area contributed by atoms with Gasteiger partial charge in [-0.2, -0.15) is 4.98 Å². The monoisotopic (exact) mass is 324 g/mol. The summed E-state index contributed by atoms with van der Waals surface area (Å²) in [4.78, 5) is 24.7. The number of carbonyl (C=O) groups excluding carboxylic acids is 1. The van der Waals surface area contributed by atoms with Gasteiger partial charge in [0.25, 0.3) is 11.7 Å². The summed E-state index contributed by atoms with van der Waals surface area (Å²) >= 11 is 0. The van der Waals surface area contributed by atoms with E-state index in [0.29, 0.717) is 19.0 Å². The van der Waals surface area contributed by atoms with E-state index in [4.69, 9.17) is 4.74 Å². The second-order valence-corrected chi connectivity index (χ2v) is 5.74. The van der Waals surface area contributed by atoms with Gasteiger partial charge in [0, 0.05) is 30.7 Å². The van der Waals surface area contributed by atoms with Crippen molar-refractivity contribution >= 4 is 11.7 Å². The Balaban J connectivity index is 1.46. The first kappa shape index (κ1) is 14.7. The van der Waals surface area contributed by atoms with Crippen LogP contribution in [0.1, 0.15) is 16.2 Å². The Kier molecular flexibility index (Phi) is 3.87.